The Labute approximate surface area is 226 Å². The minimum Gasteiger partial charge on any atom is -0.480 e. The number of likely N-dealkylation sites (tertiary alicyclic amines) is 1. The molecular weight excluding hydrogens is 510 g/mol. The summed E-state index contributed by atoms with van der Waals surface area (Å²) in [6, 6.07) is 3.13. The first-order valence-electron chi connectivity index (χ1n) is 13.1. The van der Waals surface area contributed by atoms with Crippen molar-refractivity contribution in [2.24, 2.45) is 0 Å². The highest BCUT2D eigenvalue weighted by Crippen LogP contribution is 2.35. The molecular formula is C26H37N5O4S2. The van der Waals surface area contributed by atoms with Crippen LogP contribution in [0.2, 0.25) is 0 Å². The molecule has 4 heterocycles. The Morgan fingerprint density at radius 2 is 1.92 bits per heavy atom. The smallest absolute Gasteiger partial charge is 0.328 e. The quantitative estimate of drug-likeness (QED) is 0.361. The lowest BCUT2D eigenvalue weighted by molar-refractivity contribution is -0.141. The molecule has 4 rings (SSSR count). The zero-order valence-corrected chi connectivity index (χ0v) is 23.1. The molecule has 202 valence electrons. The first-order valence-corrected chi connectivity index (χ1v) is 14.8. The van der Waals surface area contributed by atoms with Crippen LogP contribution in [0.4, 0.5) is 0 Å². The number of piperidine rings is 2. The summed E-state index contributed by atoms with van der Waals surface area (Å²) in [6.07, 6.45) is 4.59. The summed E-state index contributed by atoms with van der Waals surface area (Å²) in [5, 5.41) is 21.1. The Balaban J connectivity index is 1.35. The first-order chi connectivity index (χ1) is 17.8. The van der Waals surface area contributed by atoms with Gasteiger partial charge in [-0.1, -0.05) is 19.9 Å². The summed E-state index contributed by atoms with van der Waals surface area (Å²) >= 11 is 2.87. The predicted octanol–water partition coefficient (Wildman–Crippen LogP) is 2.80. The van der Waals surface area contributed by atoms with Gasteiger partial charge in [0.2, 0.25) is 5.91 Å². The van der Waals surface area contributed by atoms with Crippen molar-refractivity contribution in [1.29, 1.82) is 0 Å². The number of hydrogen-bond donors (Lipinski definition) is 4. The number of amides is 2. The van der Waals surface area contributed by atoms with Crippen LogP contribution in [0.5, 0.6) is 0 Å². The van der Waals surface area contributed by atoms with Crippen LogP contribution in [0.25, 0.3) is 0 Å². The largest absolute Gasteiger partial charge is 0.480 e. The second-order valence-corrected chi connectivity index (χ2v) is 12.2. The number of thiophene rings is 1. The SMILES string of the molecule is CC(C)c1nc(C2CCN(C3CCNCC3)CC2)sc1C(=O)NCC(NC(=O)Cc1cccs1)C(=O)O. The van der Waals surface area contributed by atoms with Gasteiger partial charge in [0.1, 0.15) is 10.9 Å². The number of nitrogens with one attached hydrogen (secondary N) is 3. The van der Waals surface area contributed by atoms with Crippen molar-refractivity contribution in [3.8, 4) is 0 Å². The van der Waals surface area contributed by atoms with E-state index in [9.17, 15) is 19.5 Å². The van der Waals surface area contributed by atoms with Crippen LogP contribution < -0.4 is 16.0 Å². The number of aromatic nitrogens is 1. The van der Waals surface area contributed by atoms with Crippen LogP contribution in [0.15, 0.2) is 17.5 Å². The molecule has 2 saturated heterocycles. The van der Waals surface area contributed by atoms with E-state index in [0.29, 0.717) is 16.8 Å². The number of carboxylic acid groups (broad SMARTS) is 1. The van der Waals surface area contributed by atoms with Gasteiger partial charge in [0.05, 0.1) is 17.1 Å². The standard InChI is InChI=1S/C26H37N5O4S2/c1-16(2)22-23(24(33)28-15-20(26(34)35)29-21(32)14-19-4-3-13-36-19)37-25(30-22)17-7-11-31(12-8-17)18-5-9-27-10-6-18/h3-4,13,16-18,20,27H,5-12,14-15H2,1-2H3,(H,28,33)(H,29,32)(H,34,35). The summed E-state index contributed by atoms with van der Waals surface area (Å²) in [5.41, 5.74) is 0.756. The molecule has 0 saturated carbocycles. The Hall–Kier alpha value is -2.34. The topological polar surface area (TPSA) is 124 Å². The van der Waals surface area contributed by atoms with E-state index in [1.54, 1.807) is 0 Å². The van der Waals surface area contributed by atoms with Crippen LogP contribution in [0.3, 0.4) is 0 Å². The number of thiazole rings is 1. The van der Waals surface area contributed by atoms with Gasteiger partial charge in [0, 0.05) is 23.4 Å². The highest BCUT2D eigenvalue weighted by atomic mass is 32.1. The Bertz CT molecular complexity index is 1060. The first kappa shape index (κ1) is 27.7. The van der Waals surface area contributed by atoms with Gasteiger partial charge in [-0.05, 0) is 69.2 Å². The number of hydrogen-bond acceptors (Lipinski definition) is 8. The van der Waals surface area contributed by atoms with Crippen molar-refractivity contribution in [3.63, 3.8) is 0 Å². The van der Waals surface area contributed by atoms with E-state index in [-0.39, 0.29) is 30.7 Å². The zero-order valence-electron chi connectivity index (χ0n) is 21.5. The number of carbonyl (C=O) groups is 3. The van der Waals surface area contributed by atoms with Gasteiger partial charge in [-0.2, -0.15) is 0 Å². The highest BCUT2D eigenvalue weighted by molar-refractivity contribution is 7.14. The molecule has 2 aliphatic heterocycles. The maximum Gasteiger partial charge on any atom is 0.328 e. The monoisotopic (exact) mass is 547 g/mol. The average molecular weight is 548 g/mol. The van der Waals surface area contributed by atoms with Crippen molar-refractivity contribution < 1.29 is 19.5 Å². The van der Waals surface area contributed by atoms with Crippen LogP contribution in [0, 0.1) is 0 Å². The van der Waals surface area contributed by atoms with Gasteiger partial charge < -0.3 is 26.0 Å². The number of aliphatic carboxylic acids is 1. The van der Waals surface area contributed by atoms with E-state index in [1.165, 1.54) is 35.5 Å². The number of nitrogens with zero attached hydrogens (tertiary/aromatic N) is 2. The third kappa shape index (κ3) is 7.37. The minimum atomic E-state index is -1.20. The Kier molecular flexibility index (Phi) is 9.69. The molecule has 37 heavy (non-hydrogen) atoms. The van der Waals surface area contributed by atoms with Crippen molar-refractivity contribution in [2.75, 3.05) is 32.7 Å². The van der Waals surface area contributed by atoms with Gasteiger partial charge >= 0.3 is 5.97 Å². The fourth-order valence-corrected chi connectivity index (χ4v) is 7.06. The summed E-state index contributed by atoms with van der Waals surface area (Å²) in [5.74, 6) is -1.50. The van der Waals surface area contributed by atoms with E-state index in [2.05, 4.69) is 20.9 Å². The van der Waals surface area contributed by atoms with Gasteiger partial charge in [-0.15, -0.1) is 22.7 Å². The van der Waals surface area contributed by atoms with Crippen LogP contribution in [-0.2, 0) is 16.0 Å². The molecule has 0 aromatic carbocycles. The molecule has 2 amide bonds. The van der Waals surface area contributed by atoms with Crippen LogP contribution in [-0.4, -0.2) is 77.6 Å². The molecule has 0 radical (unpaired) electrons. The maximum atomic E-state index is 13.1. The molecule has 4 N–H and O–H groups in total. The van der Waals surface area contributed by atoms with E-state index in [1.807, 2.05) is 31.4 Å². The molecule has 0 spiro atoms. The molecule has 1 unspecified atom stereocenters. The lowest BCUT2D eigenvalue weighted by Crippen LogP contribution is -2.48. The highest BCUT2D eigenvalue weighted by Gasteiger charge is 2.31. The lowest BCUT2D eigenvalue weighted by Gasteiger charge is -2.39. The Morgan fingerprint density at radius 1 is 1.19 bits per heavy atom. The second-order valence-electron chi connectivity index (χ2n) is 10.1. The summed E-state index contributed by atoms with van der Waals surface area (Å²) in [4.78, 5) is 46.1. The fourth-order valence-electron chi connectivity index (χ4n) is 5.05. The zero-order chi connectivity index (χ0) is 26.4. The molecule has 2 aliphatic rings. The average Bonchev–Trinajstić information content (AvgIpc) is 3.57. The molecule has 2 aromatic heterocycles. The number of rotatable bonds is 10. The third-order valence-corrected chi connectivity index (χ3v) is 9.25. The molecule has 0 aliphatic carbocycles. The van der Waals surface area contributed by atoms with E-state index in [4.69, 9.17) is 4.98 Å². The molecule has 9 nitrogen and oxygen atoms in total. The van der Waals surface area contributed by atoms with E-state index < -0.39 is 12.0 Å². The number of carbonyl (C=O) groups excluding carboxylic acids is 2. The summed E-state index contributed by atoms with van der Waals surface area (Å²) in [6.45, 7) is 8.13. The van der Waals surface area contributed by atoms with Crippen LogP contribution in [0.1, 0.15) is 76.6 Å². The second kappa shape index (κ2) is 12.9. The third-order valence-electron chi connectivity index (χ3n) is 7.14. The predicted molar refractivity (Wildman–Crippen MR) is 146 cm³/mol. The fraction of sp³-hybridized carbons (Fsp3) is 0.615. The number of carboxylic acids is 1. The normalized spacial score (nSPS) is 18.6. The van der Waals surface area contributed by atoms with Crippen molar-refractivity contribution in [1.82, 2.24) is 25.8 Å². The van der Waals surface area contributed by atoms with Gasteiger partial charge in [0.15, 0.2) is 0 Å². The maximum absolute atomic E-state index is 13.1. The lowest BCUT2D eigenvalue weighted by atomic mass is 9.94. The van der Waals surface area contributed by atoms with Gasteiger partial charge in [-0.3, -0.25) is 9.59 Å². The van der Waals surface area contributed by atoms with Crippen molar-refractivity contribution in [2.45, 2.75) is 69.9 Å². The van der Waals surface area contributed by atoms with E-state index >= 15 is 0 Å². The molecule has 1 atom stereocenters. The van der Waals surface area contributed by atoms with Crippen molar-refractivity contribution >= 4 is 40.5 Å². The molecule has 2 aromatic rings. The van der Waals surface area contributed by atoms with Gasteiger partial charge in [0.25, 0.3) is 5.91 Å². The Morgan fingerprint density at radius 3 is 2.54 bits per heavy atom. The molecule has 0 bridgehead atoms. The summed E-state index contributed by atoms with van der Waals surface area (Å²) in [7, 11) is 0. The van der Waals surface area contributed by atoms with Crippen LogP contribution >= 0.6 is 22.7 Å². The van der Waals surface area contributed by atoms with E-state index in [0.717, 1.165) is 54.6 Å². The van der Waals surface area contributed by atoms with Gasteiger partial charge in [-0.25, -0.2) is 9.78 Å². The minimum absolute atomic E-state index is 0.0707. The van der Waals surface area contributed by atoms with Crippen molar-refractivity contribution in [3.05, 3.63) is 38.0 Å². The molecule has 2 fully saturated rings. The molecule has 11 heteroatoms. The summed E-state index contributed by atoms with van der Waals surface area (Å²) < 4.78 is 0.